The average molecular weight is 200 g/mol. The van der Waals surface area contributed by atoms with E-state index in [4.69, 9.17) is 0 Å². The van der Waals surface area contributed by atoms with Crippen LogP contribution in [0.2, 0.25) is 0 Å². The van der Waals surface area contributed by atoms with Crippen LogP contribution in [0.1, 0.15) is 25.3 Å². The van der Waals surface area contributed by atoms with Crippen LogP contribution in [0.3, 0.4) is 0 Å². The third-order valence-corrected chi connectivity index (χ3v) is 3.08. The molecule has 1 aromatic rings. The molecule has 0 bridgehead atoms. The Bertz CT molecular complexity index is 359. The highest BCUT2D eigenvalue weighted by Crippen LogP contribution is 2.63. The van der Waals surface area contributed by atoms with E-state index in [-0.39, 0.29) is 6.42 Å². The monoisotopic (exact) mass is 200 g/mol. The molecule has 0 nitrogen and oxygen atoms in total. The first kappa shape index (κ1) is 9.56. The summed E-state index contributed by atoms with van der Waals surface area (Å²) in [6.07, 6.45) is 0.198. The van der Waals surface area contributed by atoms with Crippen molar-refractivity contribution in [3.63, 3.8) is 0 Å². The SMILES string of the molecule is CCC1(c2cccc(F)c2)CC1(F)F. The van der Waals surface area contributed by atoms with E-state index in [9.17, 15) is 13.2 Å². The van der Waals surface area contributed by atoms with Gasteiger partial charge in [-0.05, 0) is 24.1 Å². The molecule has 2 rings (SSSR count). The number of rotatable bonds is 2. The molecule has 1 fully saturated rings. The maximum atomic E-state index is 13.1. The lowest BCUT2D eigenvalue weighted by molar-refractivity contribution is 0.0865. The predicted octanol–water partition coefficient (Wildman–Crippen LogP) is 3.51. The highest BCUT2D eigenvalue weighted by atomic mass is 19.3. The van der Waals surface area contributed by atoms with Crippen LogP contribution in [0, 0.1) is 5.82 Å². The van der Waals surface area contributed by atoms with Gasteiger partial charge in [0.05, 0.1) is 5.41 Å². The Morgan fingerprint density at radius 2 is 2.00 bits per heavy atom. The number of hydrogen-bond donors (Lipinski definition) is 0. The summed E-state index contributed by atoms with van der Waals surface area (Å²) in [5.74, 6) is -3.10. The molecule has 0 spiro atoms. The topological polar surface area (TPSA) is 0 Å². The van der Waals surface area contributed by atoms with Crippen molar-refractivity contribution in [1.82, 2.24) is 0 Å². The maximum absolute atomic E-state index is 13.1. The molecule has 1 aliphatic rings. The van der Waals surface area contributed by atoms with Crippen molar-refractivity contribution in [1.29, 1.82) is 0 Å². The summed E-state index contributed by atoms with van der Waals surface area (Å²) in [5, 5.41) is 0. The summed E-state index contributed by atoms with van der Waals surface area (Å²) in [6.45, 7) is 1.71. The number of halogens is 3. The molecule has 1 aromatic carbocycles. The highest BCUT2D eigenvalue weighted by molar-refractivity contribution is 5.37. The maximum Gasteiger partial charge on any atom is 0.258 e. The Kier molecular flexibility index (Phi) is 1.88. The van der Waals surface area contributed by atoms with Gasteiger partial charge in [-0.2, -0.15) is 0 Å². The molecule has 3 heteroatoms. The minimum atomic E-state index is -2.66. The van der Waals surface area contributed by atoms with Gasteiger partial charge in [0.25, 0.3) is 5.92 Å². The Morgan fingerprint density at radius 3 is 2.43 bits per heavy atom. The second-order valence-corrected chi connectivity index (χ2v) is 3.83. The van der Waals surface area contributed by atoms with Gasteiger partial charge in [-0.15, -0.1) is 0 Å². The van der Waals surface area contributed by atoms with Gasteiger partial charge < -0.3 is 0 Å². The van der Waals surface area contributed by atoms with Gasteiger partial charge in [0, 0.05) is 6.42 Å². The van der Waals surface area contributed by atoms with E-state index >= 15 is 0 Å². The molecule has 0 aliphatic heterocycles. The summed E-state index contributed by atoms with van der Waals surface area (Å²) < 4.78 is 39.2. The van der Waals surface area contributed by atoms with Crippen LogP contribution in [0.5, 0.6) is 0 Å². The lowest BCUT2D eigenvalue weighted by Gasteiger charge is -2.14. The standard InChI is InChI=1S/C11H11F3/c1-2-10(7-11(10,13)14)8-4-3-5-9(12)6-8/h3-6H,2,7H2,1H3. The molecule has 0 saturated heterocycles. The van der Waals surface area contributed by atoms with Crippen LogP contribution in [0.15, 0.2) is 24.3 Å². The lowest BCUT2D eigenvalue weighted by atomic mass is 9.92. The normalized spacial score (nSPS) is 28.9. The minimum absolute atomic E-state index is 0.153. The van der Waals surface area contributed by atoms with Crippen molar-refractivity contribution < 1.29 is 13.2 Å². The second kappa shape index (κ2) is 2.75. The van der Waals surface area contributed by atoms with Gasteiger partial charge in [0.2, 0.25) is 0 Å². The van der Waals surface area contributed by atoms with E-state index in [1.54, 1.807) is 13.0 Å². The molecule has 1 saturated carbocycles. The summed E-state index contributed by atoms with van der Waals surface area (Å²) >= 11 is 0. The average Bonchev–Trinajstić information content (AvgIpc) is 2.70. The van der Waals surface area contributed by atoms with E-state index in [1.807, 2.05) is 0 Å². The quantitative estimate of drug-likeness (QED) is 0.685. The lowest BCUT2D eigenvalue weighted by Crippen LogP contribution is -2.15. The van der Waals surface area contributed by atoms with Gasteiger partial charge in [-0.3, -0.25) is 0 Å². The molecule has 0 aromatic heterocycles. The van der Waals surface area contributed by atoms with Crippen LogP contribution < -0.4 is 0 Å². The Balaban J connectivity index is 2.40. The fourth-order valence-electron chi connectivity index (χ4n) is 2.02. The van der Waals surface area contributed by atoms with E-state index in [0.29, 0.717) is 12.0 Å². The first-order valence-electron chi connectivity index (χ1n) is 4.66. The fourth-order valence-corrected chi connectivity index (χ4v) is 2.02. The van der Waals surface area contributed by atoms with E-state index in [1.165, 1.54) is 18.2 Å². The molecule has 76 valence electrons. The van der Waals surface area contributed by atoms with Crippen molar-refractivity contribution in [2.24, 2.45) is 0 Å². The van der Waals surface area contributed by atoms with Crippen LogP contribution in [-0.4, -0.2) is 5.92 Å². The molecule has 0 amide bonds. The van der Waals surface area contributed by atoms with Crippen LogP contribution in [-0.2, 0) is 5.41 Å². The molecule has 1 aliphatic carbocycles. The fraction of sp³-hybridized carbons (Fsp3) is 0.455. The van der Waals surface area contributed by atoms with Crippen LogP contribution >= 0.6 is 0 Å². The van der Waals surface area contributed by atoms with E-state index < -0.39 is 17.2 Å². The molecule has 0 N–H and O–H groups in total. The van der Waals surface area contributed by atoms with E-state index in [0.717, 1.165) is 0 Å². The molecular formula is C11H11F3. The first-order chi connectivity index (χ1) is 6.52. The first-order valence-corrected chi connectivity index (χ1v) is 4.66. The number of alkyl halides is 2. The van der Waals surface area contributed by atoms with Crippen molar-refractivity contribution in [3.8, 4) is 0 Å². The number of hydrogen-bond acceptors (Lipinski definition) is 0. The Morgan fingerprint density at radius 1 is 1.36 bits per heavy atom. The predicted molar refractivity (Wildman–Crippen MR) is 47.9 cm³/mol. The molecule has 1 unspecified atom stereocenters. The Hall–Kier alpha value is -0.990. The van der Waals surface area contributed by atoms with Crippen LogP contribution in [0.4, 0.5) is 13.2 Å². The summed E-state index contributed by atoms with van der Waals surface area (Å²) in [6, 6.07) is 5.54. The summed E-state index contributed by atoms with van der Waals surface area (Å²) in [5.41, 5.74) is -0.681. The van der Waals surface area contributed by atoms with E-state index in [2.05, 4.69) is 0 Å². The van der Waals surface area contributed by atoms with Crippen LogP contribution in [0.25, 0.3) is 0 Å². The largest absolute Gasteiger partial charge is 0.258 e. The molecule has 0 heterocycles. The minimum Gasteiger partial charge on any atom is -0.207 e. The van der Waals surface area contributed by atoms with Crippen molar-refractivity contribution in [3.05, 3.63) is 35.6 Å². The van der Waals surface area contributed by atoms with Crippen molar-refractivity contribution in [2.45, 2.75) is 31.1 Å². The zero-order valence-corrected chi connectivity index (χ0v) is 7.86. The zero-order valence-electron chi connectivity index (χ0n) is 7.86. The van der Waals surface area contributed by atoms with Gasteiger partial charge in [-0.1, -0.05) is 19.1 Å². The smallest absolute Gasteiger partial charge is 0.207 e. The van der Waals surface area contributed by atoms with Crippen molar-refractivity contribution in [2.75, 3.05) is 0 Å². The zero-order chi connectivity index (χ0) is 10.4. The third kappa shape index (κ3) is 1.15. The van der Waals surface area contributed by atoms with Gasteiger partial charge in [-0.25, -0.2) is 13.2 Å². The Labute approximate surface area is 80.7 Å². The van der Waals surface area contributed by atoms with Gasteiger partial charge in [0.15, 0.2) is 0 Å². The summed E-state index contributed by atoms with van der Waals surface area (Å²) in [7, 11) is 0. The summed E-state index contributed by atoms with van der Waals surface area (Å²) in [4.78, 5) is 0. The number of benzene rings is 1. The second-order valence-electron chi connectivity index (χ2n) is 3.83. The molecule has 0 radical (unpaired) electrons. The van der Waals surface area contributed by atoms with Crippen molar-refractivity contribution >= 4 is 0 Å². The highest BCUT2D eigenvalue weighted by Gasteiger charge is 2.70. The molecular weight excluding hydrogens is 189 g/mol. The van der Waals surface area contributed by atoms with Gasteiger partial charge >= 0.3 is 0 Å². The molecule has 1 atom stereocenters. The molecule has 14 heavy (non-hydrogen) atoms. The van der Waals surface area contributed by atoms with Gasteiger partial charge in [0.1, 0.15) is 5.82 Å². The third-order valence-electron chi connectivity index (χ3n) is 3.08.